The molecule has 0 amide bonds. The molecule has 0 aliphatic heterocycles. The first kappa shape index (κ1) is 18.8. The Morgan fingerprint density at radius 2 is 2.04 bits per heavy atom. The van der Waals surface area contributed by atoms with Crippen molar-refractivity contribution in [3.8, 4) is 0 Å². The summed E-state index contributed by atoms with van der Waals surface area (Å²) in [5.74, 6) is 0.295. The Labute approximate surface area is 155 Å². The number of nitrogens with zero attached hydrogens (tertiary/aromatic N) is 3. The average Bonchev–Trinajstić information content (AvgIpc) is 3.19. The van der Waals surface area contributed by atoms with Crippen LogP contribution in [0.2, 0.25) is 30.8 Å². The van der Waals surface area contributed by atoms with Crippen LogP contribution >= 0.6 is 11.6 Å². The van der Waals surface area contributed by atoms with Gasteiger partial charge in [-0.2, -0.15) is 0 Å². The third kappa shape index (κ3) is 4.42. The molecule has 5 nitrogen and oxygen atoms in total. The van der Waals surface area contributed by atoms with Crippen molar-refractivity contribution in [2.45, 2.75) is 64.2 Å². The van der Waals surface area contributed by atoms with Crippen LogP contribution in [0, 0.1) is 5.92 Å². The van der Waals surface area contributed by atoms with E-state index in [2.05, 4.69) is 29.6 Å². The van der Waals surface area contributed by atoms with Crippen molar-refractivity contribution in [2.24, 2.45) is 5.92 Å². The van der Waals surface area contributed by atoms with Crippen molar-refractivity contribution in [3.63, 3.8) is 0 Å². The molecule has 1 N–H and O–H groups in total. The molecule has 1 unspecified atom stereocenters. The largest absolute Gasteiger partial charge is 0.388 e. The van der Waals surface area contributed by atoms with Crippen molar-refractivity contribution in [1.82, 2.24) is 14.5 Å². The van der Waals surface area contributed by atoms with Gasteiger partial charge >= 0.3 is 0 Å². The summed E-state index contributed by atoms with van der Waals surface area (Å²) >= 11 is 6.34. The fourth-order valence-corrected chi connectivity index (χ4v) is 4.50. The topological polar surface area (TPSA) is 60.2 Å². The maximum atomic E-state index is 10.9. The molecule has 3 rings (SSSR count). The molecule has 1 aliphatic rings. The molecule has 2 aromatic heterocycles. The lowest BCUT2D eigenvalue weighted by molar-refractivity contribution is 0.0880. The number of aliphatic hydroxyl groups is 1. The Balaban J connectivity index is 1.82. The second-order valence-corrected chi connectivity index (χ2v) is 14.2. The number of halogens is 1. The third-order valence-corrected chi connectivity index (χ3v) is 7.02. The Hall–Kier alpha value is -0.953. The summed E-state index contributed by atoms with van der Waals surface area (Å²) in [6.45, 7) is 8.18. The summed E-state index contributed by atoms with van der Waals surface area (Å²) < 4.78 is 7.82. The van der Waals surface area contributed by atoms with Gasteiger partial charge < -0.3 is 14.4 Å². The molecule has 7 heteroatoms. The van der Waals surface area contributed by atoms with Gasteiger partial charge in [-0.3, -0.25) is 0 Å². The van der Waals surface area contributed by atoms with Crippen molar-refractivity contribution >= 4 is 30.7 Å². The highest BCUT2D eigenvalue weighted by Crippen LogP contribution is 2.39. The number of hydrogen-bond acceptors (Lipinski definition) is 4. The van der Waals surface area contributed by atoms with Gasteiger partial charge in [-0.15, -0.1) is 0 Å². The highest BCUT2D eigenvalue weighted by Gasteiger charge is 2.28. The van der Waals surface area contributed by atoms with Crippen molar-refractivity contribution in [3.05, 3.63) is 23.2 Å². The van der Waals surface area contributed by atoms with Crippen molar-refractivity contribution < 1.29 is 9.84 Å². The lowest BCUT2D eigenvalue weighted by Crippen LogP contribution is -2.22. The quantitative estimate of drug-likeness (QED) is 0.432. The summed E-state index contributed by atoms with van der Waals surface area (Å²) in [7, 11) is -1.11. The molecule has 0 aromatic carbocycles. The summed E-state index contributed by atoms with van der Waals surface area (Å²) in [5.41, 5.74) is 1.57. The van der Waals surface area contributed by atoms with Crippen molar-refractivity contribution in [2.75, 3.05) is 6.61 Å². The predicted molar refractivity (Wildman–Crippen MR) is 104 cm³/mol. The SMILES string of the molecule is C[Si](C)(C)CCOCn1cc(C(O)C2CCCC2)c2c(Cl)ncnc21. The van der Waals surface area contributed by atoms with E-state index in [1.165, 1.54) is 19.2 Å². The van der Waals surface area contributed by atoms with Gasteiger partial charge in [0.25, 0.3) is 0 Å². The van der Waals surface area contributed by atoms with Crippen LogP contribution in [0.5, 0.6) is 0 Å². The van der Waals surface area contributed by atoms with Gasteiger partial charge in [-0.1, -0.05) is 44.1 Å². The van der Waals surface area contributed by atoms with Crippen LogP contribution in [-0.4, -0.2) is 34.3 Å². The molecule has 1 saturated carbocycles. The standard InChI is InChI=1S/C18H28ClN3O2Si/c1-25(2,3)9-8-24-12-22-10-14(16(23)13-6-4-5-7-13)15-17(19)20-11-21-18(15)22/h10-11,13,16,23H,4-9,12H2,1-3H3. The van der Waals surface area contributed by atoms with E-state index in [0.717, 1.165) is 42.1 Å². The van der Waals surface area contributed by atoms with Gasteiger partial charge in [0.1, 0.15) is 23.9 Å². The van der Waals surface area contributed by atoms with E-state index in [0.29, 0.717) is 17.8 Å². The molecular weight excluding hydrogens is 354 g/mol. The van der Waals surface area contributed by atoms with Gasteiger partial charge in [-0.25, -0.2) is 9.97 Å². The highest BCUT2D eigenvalue weighted by molar-refractivity contribution is 6.76. The molecule has 1 aliphatic carbocycles. The summed E-state index contributed by atoms with van der Waals surface area (Å²) in [6.07, 6.45) is 7.39. The molecule has 0 saturated heterocycles. The van der Waals surface area contributed by atoms with Gasteiger partial charge in [0.05, 0.1) is 11.5 Å². The molecule has 2 aromatic rings. The summed E-state index contributed by atoms with van der Waals surface area (Å²) in [6, 6.07) is 1.12. The zero-order valence-electron chi connectivity index (χ0n) is 15.3. The van der Waals surface area contributed by atoms with Crippen LogP contribution in [0.25, 0.3) is 11.0 Å². The molecule has 2 heterocycles. The highest BCUT2D eigenvalue weighted by atomic mass is 35.5. The lowest BCUT2D eigenvalue weighted by Gasteiger charge is -2.17. The molecule has 1 fully saturated rings. The Bertz CT molecular complexity index is 723. The first-order valence-electron chi connectivity index (χ1n) is 9.12. The Kier molecular flexibility index (Phi) is 5.83. The second-order valence-electron chi connectivity index (χ2n) is 8.25. The molecule has 138 valence electrons. The normalized spacial score (nSPS) is 17.5. The molecular formula is C18H28ClN3O2Si. The van der Waals surface area contributed by atoms with Gasteiger partial charge in [0, 0.05) is 26.4 Å². The van der Waals surface area contributed by atoms with Gasteiger partial charge in [0.2, 0.25) is 0 Å². The monoisotopic (exact) mass is 381 g/mol. The van der Waals surface area contributed by atoms with E-state index in [9.17, 15) is 5.11 Å². The summed E-state index contributed by atoms with van der Waals surface area (Å²) in [5, 5.41) is 12.0. The van der Waals surface area contributed by atoms with Crippen molar-refractivity contribution in [1.29, 1.82) is 0 Å². The number of ether oxygens (including phenoxy) is 1. The fraction of sp³-hybridized carbons (Fsp3) is 0.667. The smallest absolute Gasteiger partial charge is 0.147 e. The van der Waals surface area contributed by atoms with E-state index < -0.39 is 14.2 Å². The van der Waals surface area contributed by atoms with E-state index in [-0.39, 0.29) is 0 Å². The zero-order valence-corrected chi connectivity index (χ0v) is 17.1. The van der Waals surface area contributed by atoms with E-state index in [4.69, 9.17) is 16.3 Å². The maximum Gasteiger partial charge on any atom is 0.147 e. The van der Waals surface area contributed by atoms with E-state index in [1.54, 1.807) is 0 Å². The van der Waals surface area contributed by atoms with Crippen LogP contribution < -0.4 is 0 Å². The molecule has 0 radical (unpaired) electrons. The number of hydrogen-bond donors (Lipinski definition) is 1. The fourth-order valence-electron chi connectivity index (χ4n) is 3.51. The minimum absolute atomic E-state index is 0.295. The molecule has 0 spiro atoms. The van der Waals surface area contributed by atoms with Crippen LogP contribution in [0.3, 0.4) is 0 Å². The number of aromatic nitrogens is 3. The number of aliphatic hydroxyl groups excluding tert-OH is 1. The zero-order chi connectivity index (χ0) is 18.0. The molecule has 0 bridgehead atoms. The van der Waals surface area contributed by atoms with Gasteiger partial charge in [-0.05, 0) is 24.8 Å². The summed E-state index contributed by atoms with van der Waals surface area (Å²) in [4.78, 5) is 8.50. The van der Waals surface area contributed by atoms with Crippen LogP contribution in [-0.2, 0) is 11.5 Å². The minimum atomic E-state index is -1.11. The number of rotatable bonds is 7. The van der Waals surface area contributed by atoms with Crippen LogP contribution in [0.15, 0.2) is 12.5 Å². The predicted octanol–water partition coefficient (Wildman–Crippen LogP) is 4.62. The number of fused-ring (bicyclic) bond motifs is 1. The van der Waals surface area contributed by atoms with Crippen LogP contribution in [0.4, 0.5) is 0 Å². The maximum absolute atomic E-state index is 10.9. The van der Waals surface area contributed by atoms with E-state index in [1.807, 2.05) is 10.8 Å². The lowest BCUT2D eigenvalue weighted by atomic mass is 9.95. The average molecular weight is 382 g/mol. The second kappa shape index (κ2) is 7.74. The third-order valence-electron chi connectivity index (χ3n) is 5.03. The van der Waals surface area contributed by atoms with Gasteiger partial charge in [0.15, 0.2) is 0 Å². The first-order chi connectivity index (χ1) is 11.9. The first-order valence-corrected chi connectivity index (χ1v) is 13.2. The molecule has 25 heavy (non-hydrogen) atoms. The Morgan fingerprint density at radius 3 is 2.72 bits per heavy atom. The molecule has 1 atom stereocenters. The minimum Gasteiger partial charge on any atom is -0.388 e. The Morgan fingerprint density at radius 1 is 1.32 bits per heavy atom. The van der Waals surface area contributed by atoms with E-state index >= 15 is 0 Å². The van der Waals surface area contributed by atoms with Crippen LogP contribution in [0.1, 0.15) is 37.4 Å².